The summed E-state index contributed by atoms with van der Waals surface area (Å²) in [4.78, 5) is 0. The van der Waals surface area contributed by atoms with Crippen LogP contribution in [0.3, 0.4) is 0 Å². The fraction of sp³-hybridized carbons (Fsp3) is 1.00. The molecule has 14 heavy (non-hydrogen) atoms. The standard InChI is InChI=1S/C11H23ClO2/c1-4-11(12)10(2)6-5-7-14-9-8-13-3/h10-11H,4-9H2,1-3H3. The second-order valence-electron chi connectivity index (χ2n) is 3.65. The molecule has 3 heteroatoms. The van der Waals surface area contributed by atoms with Gasteiger partial charge in [-0.3, -0.25) is 0 Å². The van der Waals surface area contributed by atoms with E-state index in [1.165, 1.54) is 0 Å². The Morgan fingerprint density at radius 3 is 2.50 bits per heavy atom. The van der Waals surface area contributed by atoms with Gasteiger partial charge in [-0.05, 0) is 25.2 Å². The Morgan fingerprint density at radius 1 is 1.21 bits per heavy atom. The summed E-state index contributed by atoms with van der Waals surface area (Å²) in [5, 5.41) is 0.314. The lowest BCUT2D eigenvalue weighted by molar-refractivity contribution is 0.0674. The first-order valence-electron chi connectivity index (χ1n) is 5.43. The topological polar surface area (TPSA) is 18.5 Å². The maximum absolute atomic E-state index is 6.12. The fourth-order valence-electron chi connectivity index (χ4n) is 1.33. The van der Waals surface area contributed by atoms with Crippen LogP contribution in [-0.2, 0) is 9.47 Å². The molecule has 0 radical (unpaired) electrons. The van der Waals surface area contributed by atoms with Gasteiger partial charge in [0.1, 0.15) is 0 Å². The van der Waals surface area contributed by atoms with Gasteiger partial charge >= 0.3 is 0 Å². The predicted octanol–water partition coefficient (Wildman–Crippen LogP) is 3.08. The van der Waals surface area contributed by atoms with Crippen LogP contribution in [0.25, 0.3) is 0 Å². The van der Waals surface area contributed by atoms with Crippen LogP contribution in [0.15, 0.2) is 0 Å². The summed E-state index contributed by atoms with van der Waals surface area (Å²) in [6.07, 6.45) is 3.29. The first kappa shape index (κ1) is 14.2. The van der Waals surface area contributed by atoms with Crippen LogP contribution >= 0.6 is 11.6 Å². The van der Waals surface area contributed by atoms with Crippen molar-refractivity contribution in [2.45, 2.75) is 38.5 Å². The van der Waals surface area contributed by atoms with Crippen LogP contribution < -0.4 is 0 Å². The fourth-order valence-corrected chi connectivity index (χ4v) is 1.46. The molecule has 0 bridgehead atoms. The highest BCUT2D eigenvalue weighted by Crippen LogP contribution is 2.18. The molecule has 0 aliphatic carbocycles. The van der Waals surface area contributed by atoms with Crippen LogP contribution in [0.2, 0.25) is 0 Å². The van der Waals surface area contributed by atoms with Gasteiger partial charge in [0.05, 0.1) is 13.2 Å². The van der Waals surface area contributed by atoms with E-state index in [4.69, 9.17) is 21.1 Å². The third-order valence-corrected chi connectivity index (χ3v) is 3.13. The van der Waals surface area contributed by atoms with E-state index in [1.54, 1.807) is 7.11 Å². The molecular formula is C11H23ClO2. The number of halogens is 1. The molecule has 0 aromatic rings. The van der Waals surface area contributed by atoms with Gasteiger partial charge < -0.3 is 9.47 Å². The third-order valence-electron chi connectivity index (χ3n) is 2.39. The lowest BCUT2D eigenvalue weighted by Gasteiger charge is -2.15. The van der Waals surface area contributed by atoms with Crippen molar-refractivity contribution in [1.29, 1.82) is 0 Å². The average Bonchev–Trinajstić information content (AvgIpc) is 2.21. The summed E-state index contributed by atoms with van der Waals surface area (Å²) in [6.45, 7) is 6.53. The van der Waals surface area contributed by atoms with Gasteiger partial charge in [0.15, 0.2) is 0 Å². The minimum atomic E-state index is 0.314. The van der Waals surface area contributed by atoms with E-state index < -0.39 is 0 Å². The summed E-state index contributed by atoms with van der Waals surface area (Å²) in [7, 11) is 1.69. The Balaban J connectivity index is 3.18. The molecule has 0 aromatic carbocycles. The maximum Gasteiger partial charge on any atom is 0.0700 e. The van der Waals surface area contributed by atoms with Crippen molar-refractivity contribution >= 4 is 11.6 Å². The Hall–Kier alpha value is 0.210. The van der Waals surface area contributed by atoms with Crippen molar-refractivity contribution in [2.24, 2.45) is 5.92 Å². The minimum Gasteiger partial charge on any atom is -0.382 e. The maximum atomic E-state index is 6.12. The molecule has 0 saturated carbocycles. The molecule has 0 rings (SSSR count). The highest BCUT2D eigenvalue weighted by atomic mass is 35.5. The summed E-state index contributed by atoms with van der Waals surface area (Å²) < 4.78 is 10.2. The predicted molar refractivity (Wildman–Crippen MR) is 61.0 cm³/mol. The quantitative estimate of drug-likeness (QED) is 0.441. The van der Waals surface area contributed by atoms with Crippen molar-refractivity contribution < 1.29 is 9.47 Å². The molecule has 0 aromatic heterocycles. The Labute approximate surface area is 92.9 Å². The van der Waals surface area contributed by atoms with Crippen molar-refractivity contribution in [2.75, 3.05) is 26.9 Å². The molecular weight excluding hydrogens is 200 g/mol. The highest BCUT2D eigenvalue weighted by Gasteiger charge is 2.11. The highest BCUT2D eigenvalue weighted by molar-refractivity contribution is 6.20. The molecule has 2 unspecified atom stereocenters. The van der Waals surface area contributed by atoms with Crippen LogP contribution in [0.5, 0.6) is 0 Å². The SMILES string of the molecule is CCC(Cl)C(C)CCCOCCOC. The second kappa shape index (κ2) is 9.75. The monoisotopic (exact) mass is 222 g/mol. The molecule has 0 heterocycles. The lowest BCUT2D eigenvalue weighted by Crippen LogP contribution is -2.11. The van der Waals surface area contributed by atoms with Crippen molar-refractivity contribution in [3.8, 4) is 0 Å². The number of alkyl halides is 1. The van der Waals surface area contributed by atoms with Gasteiger partial charge in [-0.15, -0.1) is 11.6 Å². The number of ether oxygens (including phenoxy) is 2. The van der Waals surface area contributed by atoms with E-state index in [2.05, 4.69) is 13.8 Å². The normalized spacial score (nSPS) is 15.4. The van der Waals surface area contributed by atoms with E-state index in [0.717, 1.165) is 25.9 Å². The lowest BCUT2D eigenvalue weighted by atomic mass is 10.0. The zero-order valence-corrected chi connectivity index (χ0v) is 10.3. The second-order valence-corrected chi connectivity index (χ2v) is 4.21. The van der Waals surface area contributed by atoms with Crippen LogP contribution in [0.4, 0.5) is 0 Å². The van der Waals surface area contributed by atoms with E-state index in [9.17, 15) is 0 Å². The van der Waals surface area contributed by atoms with E-state index in [1.807, 2.05) is 0 Å². The van der Waals surface area contributed by atoms with E-state index in [0.29, 0.717) is 24.5 Å². The average molecular weight is 223 g/mol. The molecule has 0 saturated heterocycles. The van der Waals surface area contributed by atoms with Crippen LogP contribution in [0, 0.1) is 5.92 Å². The largest absolute Gasteiger partial charge is 0.382 e. The molecule has 2 nitrogen and oxygen atoms in total. The zero-order chi connectivity index (χ0) is 10.8. The summed E-state index contributed by atoms with van der Waals surface area (Å²) in [5.41, 5.74) is 0. The third kappa shape index (κ3) is 7.60. The number of rotatable bonds is 9. The Morgan fingerprint density at radius 2 is 1.93 bits per heavy atom. The number of methoxy groups -OCH3 is 1. The van der Waals surface area contributed by atoms with Crippen molar-refractivity contribution in [1.82, 2.24) is 0 Å². The molecule has 0 aliphatic rings. The van der Waals surface area contributed by atoms with E-state index in [-0.39, 0.29) is 0 Å². The van der Waals surface area contributed by atoms with Gasteiger partial charge in [-0.2, -0.15) is 0 Å². The molecule has 0 aliphatic heterocycles. The van der Waals surface area contributed by atoms with Gasteiger partial charge in [0.25, 0.3) is 0 Å². The molecule has 0 N–H and O–H groups in total. The van der Waals surface area contributed by atoms with Crippen LogP contribution in [0.1, 0.15) is 33.1 Å². The molecule has 86 valence electrons. The number of hydrogen-bond acceptors (Lipinski definition) is 2. The van der Waals surface area contributed by atoms with Gasteiger partial charge in [0, 0.05) is 19.1 Å². The molecule has 2 atom stereocenters. The summed E-state index contributed by atoms with van der Waals surface area (Å²) in [5.74, 6) is 0.590. The smallest absolute Gasteiger partial charge is 0.0700 e. The molecule has 0 amide bonds. The molecule has 0 spiro atoms. The van der Waals surface area contributed by atoms with Gasteiger partial charge in [-0.25, -0.2) is 0 Å². The first-order valence-corrected chi connectivity index (χ1v) is 5.86. The first-order chi connectivity index (χ1) is 6.72. The van der Waals surface area contributed by atoms with Crippen molar-refractivity contribution in [3.05, 3.63) is 0 Å². The summed E-state index contributed by atoms with van der Waals surface area (Å²) >= 11 is 6.12. The Bertz CT molecular complexity index is 120. The minimum absolute atomic E-state index is 0.314. The van der Waals surface area contributed by atoms with E-state index >= 15 is 0 Å². The van der Waals surface area contributed by atoms with Crippen LogP contribution in [-0.4, -0.2) is 32.3 Å². The van der Waals surface area contributed by atoms with Crippen molar-refractivity contribution in [3.63, 3.8) is 0 Å². The summed E-state index contributed by atoms with van der Waals surface area (Å²) in [6, 6.07) is 0. The molecule has 0 fully saturated rings. The van der Waals surface area contributed by atoms with Gasteiger partial charge in [0.2, 0.25) is 0 Å². The van der Waals surface area contributed by atoms with Gasteiger partial charge in [-0.1, -0.05) is 13.8 Å². The number of hydrogen-bond donors (Lipinski definition) is 0. The Kier molecular flexibility index (Phi) is 9.90. The zero-order valence-electron chi connectivity index (χ0n) is 9.59.